The number of amides is 5. The Bertz CT molecular complexity index is 928. The maximum atomic E-state index is 13.1. The van der Waals surface area contributed by atoms with Gasteiger partial charge in [0.1, 0.15) is 21.8 Å². The van der Waals surface area contributed by atoms with Crippen molar-refractivity contribution in [1.82, 2.24) is 20.0 Å². The quantitative estimate of drug-likeness (QED) is 0.0816. The fourth-order valence-electron chi connectivity index (χ4n) is 3.43. The molecule has 2 heterocycles. The van der Waals surface area contributed by atoms with Crippen molar-refractivity contribution in [3.05, 3.63) is 11.1 Å². The van der Waals surface area contributed by atoms with Gasteiger partial charge in [0, 0.05) is 24.0 Å². The van der Waals surface area contributed by atoms with Crippen LogP contribution in [-0.4, -0.2) is 94.4 Å². The number of hydrogen-bond donors (Lipinski definition) is 2. The predicted molar refractivity (Wildman–Crippen MR) is 168 cm³/mol. The average molecular weight is 871 g/mol. The Kier molecular flexibility index (Phi) is 13.2. The summed E-state index contributed by atoms with van der Waals surface area (Å²) in [6, 6.07) is 0. The predicted octanol–water partition coefficient (Wildman–Crippen LogP) is 2.34. The molecular weight excluding hydrogens is 850 g/mol. The van der Waals surface area contributed by atoms with Crippen molar-refractivity contribution in [3.63, 3.8) is 0 Å². The van der Waals surface area contributed by atoms with Crippen LogP contribution in [-0.2, 0) is 24.0 Å². The van der Waals surface area contributed by atoms with Gasteiger partial charge in [0.15, 0.2) is 0 Å². The Morgan fingerprint density at radius 2 is 1.80 bits per heavy atom. The minimum Gasteiger partial charge on any atom is -0.512 e. The van der Waals surface area contributed by atoms with Crippen molar-refractivity contribution >= 4 is 135 Å². The second-order valence-corrected chi connectivity index (χ2v) is 20.2. The summed E-state index contributed by atoms with van der Waals surface area (Å²) in [7, 11) is 14.3. The van der Waals surface area contributed by atoms with Gasteiger partial charge in [0.05, 0.1) is 31.2 Å². The number of hydrogen-bond acceptors (Lipinski definition) is 7. The lowest BCUT2D eigenvalue weighted by atomic mass is 9.84. The lowest BCUT2D eigenvalue weighted by Crippen LogP contribution is -2.50. The first-order valence-corrected chi connectivity index (χ1v) is 20.5. The molecule has 2 rings (SSSR count). The third-order valence-corrected chi connectivity index (χ3v) is 12.5. The largest absolute Gasteiger partial charge is 0.512 e. The number of allylic oxidation sites excluding steroid dienone is 1. The van der Waals surface area contributed by atoms with Crippen molar-refractivity contribution in [3.8, 4) is 0 Å². The highest BCUT2D eigenvalue weighted by Gasteiger charge is 2.43. The number of likely N-dealkylation sites (tertiary alicyclic amines) is 2. The van der Waals surface area contributed by atoms with E-state index in [0.717, 1.165) is 9.80 Å². The third kappa shape index (κ3) is 8.45. The van der Waals surface area contributed by atoms with Gasteiger partial charge in [-0.05, 0) is 6.92 Å². The van der Waals surface area contributed by atoms with Gasteiger partial charge in [-0.3, -0.25) is 39.1 Å². The van der Waals surface area contributed by atoms with Crippen LogP contribution in [0.4, 0.5) is 0 Å². The van der Waals surface area contributed by atoms with E-state index in [-0.39, 0.29) is 61.1 Å². The SMILES string of the molecule is [B]P(I)/C(CC(=O)N(CNCN1C(=O)CC(B(P)I)C1=O)CN1C(=O)CC(P([B])I)C1=O)=C(\C)O. The van der Waals surface area contributed by atoms with Gasteiger partial charge in [0.2, 0.25) is 29.5 Å². The first-order valence-electron chi connectivity index (χ1n) is 10.1. The number of nitrogens with one attached hydrogen (secondary N) is 1. The van der Waals surface area contributed by atoms with E-state index < -0.39 is 40.1 Å². The van der Waals surface area contributed by atoms with E-state index in [9.17, 15) is 29.1 Å². The minimum atomic E-state index is -1.28. The van der Waals surface area contributed by atoms with Crippen molar-refractivity contribution in [1.29, 1.82) is 0 Å². The number of imide groups is 2. The Hall–Kier alpha value is 0.925. The summed E-state index contributed by atoms with van der Waals surface area (Å²) in [5.41, 5.74) is -3.10. The Balaban J connectivity index is 2.16. The Morgan fingerprint density at radius 3 is 2.26 bits per heavy atom. The van der Waals surface area contributed by atoms with Crippen LogP contribution >= 0.6 is 86.5 Å². The smallest absolute Gasteiger partial charge is 0.252 e. The number of aliphatic hydroxyl groups is 1. The van der Waals surface area contributed by atoms with Gasteiger partial charge in [-0.15, -0.1) is 22.4 Å². The lowest BCUT2D eigenvalue weighted by Gasteiger charge is -2.29. The Labute approximate surface area is 250 Å². The monoisotopic (exact) mass is 872 g/mol. The zero-order chi connectivity index (χ0) is 26.6. The molecule has 0 aliphatic carbocycles. The molecule has 2 N–H and O–H groups in total. The number of carbonyl (C=O) groups is 5. The van der Waals surface area contributed by atoms with E-state index in [4.69, 9.17) is 15.1 Å². The molecule has 19 heteroatoms. The first-order chi connectivity index (χ1) is 16.3. The van der Waals surface area contributed by atoms with Crippen LogP contribution in [0.25, 0.3) is 0 Å². The lowest BCUT2D eigenvalue weighted by molar-refractivity contribution is -0.144. The van der Waals surface area contributed by atoms with E-state index in [1.165, 1.54) is 11.8 Å². The first kappa shape index (κ1) is 32.1. The van der Waals surface area contributed by atoms with Gasteiger partial charge in [-0.25, -0.2) is 0 Å². The van der Waals surface area contributed by atoms with E-state index in [1.807, 2.05) is 44.1 Å². The van der Waals surface area contributed by atoms with Gasteiger partial charge in [-0.2, -0.15) is 9.12 Å². The summed E-state index contributed by atoms with van der Waals surface area (Å²) in [6.07, 6.45) is -0.124. The molecule has 2 aliphatic rings. The molecule has 10 nitrogen and oxygen atoms in total. The maximum Gasteiger partial charge on any atom is 0.252 e. The summed E-state index contributed by atoms with van der Waals surface area (Å²) >= 11 is 5.95. The van der Waals surface area contributed by atoms with Gasteiger partial charge < -0.3 is 10.0 Å². The van der Waals surface area contributed by atoms with Crippen LogP contribution in [0.1, 0.15) is 26.2 Å². The molecule has 2 aliphatic heterocycles. The third-order valence-electron chi connectivity index (χ3n) is 5.41. The number of nitrogens with zero attached hydrogens (tertiary/aromatic N) is 3. The molecule has 2 saturated heterocycles. The topological polar surface area (TPSA) is 127 Å². The highest BCUT2D eigenvalue weighted by Crippen LogP contribution is 2.51. The highest BCUT2D eigenvalue weighted by molar-refractivity contribution is 14.2. The zero-order valence-electron chi connectivity index (χ0n) is 18.6. The van der Waals surface area contributed by atoms with E-state index in [2.05, 4.69) is 36.8 Å². The molecule has 0 spiro atoms. The molecule has 35 heavy (non-hydrogen) atoms. The number of carbonyl (C=O) groups excluding carboxylic acids is 5. The second kappa shape index (κ2) is 14.3. The molecule has 186 valence electrons. The summed E-state index contributed by atoms with van der Waals surface area (Å²) in [4.78, 5) is 66.5. The fourth-order valence-corrected chi connectivity index (χ4v) is 8.43. The van der Waals surface area contributed by atoms with Gasteiger partial charge in [0.25, 0.3) is 4.29 Å². The van der Waals surface area contributed by atoms with E-state index in [0.29, 0.717) is 5.31 Å². The molecule has 5 unspecified atom stereocenters. The van der Waals surface area contributed by atoms with Crippen molar-refractivity contribution in [2.24, 2.45) is 0 Å². The maximum absolute atomic E-state index is 13.1. The average Bonchev–Trinajstić information content (AvgIpc) is 3.20. The van der Waals surface area contributed by atoms with Crippen molar-refractivity contribution in [2.45, 2.75) is 37.7 Å². The fraction of sp³-hybridized carbons (Fsp3) is 0.562. The molecule has 5 amide bonds. The number of rotatable bonds is 11. The standard InChI is InChI=1S/C16H21B3I3N4O6P3/c1-8(27)10(34(17)21)3-12(28)24(7-26-14(30)4-11(16(26)32)35(18)22)5-23-6-25-13(29)2-9(15(25)31)19(20)33/h9,11,23,27H,2-7,33H2,1H3/b10-8+. The molecule has 4 radical (unpaired) electrons. The molecular formula is C16H21B3I3N4O6P3. The molecule has 2 fully saturated rings. The summed E-state index contributed by atoms with van der Waals surface area (Å²) in [6.45, 7) is 0.824. The molecule has 5 atom stereocenters. The summed E-state index contributed by atoms with van der Waals surface area (Å²) in [5, 5.41) is 13.2. The van der Waals surface area contributed by atoms with Gasteiger partial charge >= 0.3 is 0 Å². The molecule has 0 bridgehead atoms. The van der Waals surface area contributed by atoms with E-state index in [1.54, 1.807) is 0 Å². The highest BCUT2D eigenvalue weighted by atomic mass is 127. The molecule has 0 aromatic rings. The van der Waals surface area contributed by atoms with Crippen LogP contribution in [0.5, 0.6) is 0 Å². The van der Waals surface area contributed by atoms with Crippen LogP contribution in [0.15, 0.2) is 11.1 Å². The van der Waals surface area contributed by atoms with Crippen LogP contribution in [0.2, 0.25) is 5.82 Å². The molecule has 0 aromatic carbocycles. The zero-order valence-corrected chi connectivity index (χ0v) is 28.0. The van der Waals surface area contributed by atoms with Crippen LogP contribution < -0.4 is 5.32 Å². The second-order valence-electron chi connectivity index (χ2n) is 7.80. The van der Waals surface area contributed by atoms with Crippen molar-refractivity contribution in [2.75, 3.05) is 20.0 Å². The number of halogens is 3. The van der Waals surface area contributed by atoms with Crippen molar-refractivity contribution < 1.29 is 29.1 Å². The Morgan fingerprint density at radius 1 is 1.20 bits per heavy atom. The number of aliphatic hydroxyl groups excluding tert-OH is 1. The van der Waals surface area contributed by atoms with E-state index >= 15 is 0 Å². The van der Waals surface area contributed by atoms with Gasteiger partial charge in [-0.1, -0.05) is 55.0 Å². The molecule has 0 saturated carbocycles. The normalized spacial score (nSPS) is 23.0. The summed E-state index contributed by atoms with van der Waals surface area (Å²) in [5.74, 6) is -2.48. The minimum absolute atomic E-state index is 0.0210. The van der Waals surface area contributed by atoms with Crippen LogP contribution in [0.3, 0.4) is 0 Å². The molecule has 0 aromatic heterocycles. The summed E-state index contributed by atoms with van der Waals surface area (Å²) < 4.78 is -0.0930. The van der Waals surface area contributed by atoms with Crippen LogP contribution in [0, 0.1) is 0 Å².